The number of nitrogens with zero attached hydrogens (tertiary/aromatic N) is 2. The molecule has 2 aliphatic rings. The molecule has 2 fully saturated rings. The van der Waals surface area contributed by atoms with Crippen LogP contribution in [-0.2, 0) is 9.59 Å². The van der Waals surface area contributed by atoms with Crippen LogP contribution < -0.4 is 10.2 Å². The fourth-order valence-corrected chi connectivity index (χ4v) is 4.01. The molecule has 5 nitrogen and oxygen atoms in total. The summed E-state index contributed by atoms with van der Waals surface area (Å²) in [7, 11) is 0. The summed E-state index contributed by atoms with van der Waals surface area (Å²) in [5.74, 6) is 1.15. The minimum absolute atomic E-state index is 0.0732. The molecule has 5 heteroatoms. The van der Waals surface area contributed by atoms with Crippen molar-refractivity contribution in [3.05, 3.63) is 24.3 Å². The molecular weight excluding hydrogens is 350 g/mol. The number of carbonyl (C=O) groups is 2. The Kier molecular flexibility index (Phi) is 6.31. The SMILES string of the molecule is CC1CCN(C(=O)C(C)(C)C(=O)Nc2ccc(N3CCC(C)CC3)cc2)CC1. The van der Waals surface area contributed by atoms with Gasteiger partial charge in [0.05, 0.1) is 0 Å². The fourth-order valence-electron chi connectivity index (χ4n) is 4.01. The van der Waals surface area contributed by atoms with E-state index in [0.717, 1.165) is 50.6 Å². The molecule has 28 heavy (non-hydrogen) atoms. The highest BCUT2D eigenvalue weighted by Gasteiger charge is 2.40. The third kappa shape index (κ3) is 4.68. The van der Waals surface area contributed by atoms with E-state index in [1.54, 1.807) is 13.8 Å². The minimum Gasteiger partial charge on any atom is -0.372 e. The van der Waals surface area contributed by atoms with Crippen molar-refractivity contribution in [2.75, 3.05) is 36.4 Å². The molecule has 1 N–H and O–H groups in total. The third-order valence-corrected chi connectivity index (χ3v) is 6.45. The zero-order valence-electron chi connectivity index (χ0n) is 17.8. The molecule has 1 aromatic rings. The predicted octanol–water partition coefficient (Wildman–Crippen LogP) is 4.15. The first-order chi connectivity index (χ1) is 13.3. The van der Waals surface area contributed by atoms with Crippen molar-refractivity contribution in [2.24, 2.45) is 17.3 Å². The maximum absolute atomic E-state index is 12.9. The highest BCUT2D eigenvalue weighted by atomic mass is 16.2. The van der Waals surface area contributed by atoms with Crippen molar-refractivity contribution < 1.29 is 9.59 Å². The molecule has 2 aliphatic heterocycles. The van der Waals surface area contributed by atoms with Crippen LogP contribution >= 0.6 is 0 Å². The van der Waals surface area contributed by atoms with Crippen molar-refractivity contribution >= 4 is 23.2 Å². The Morgan fingerprint density at radius 2 is 1.39 bits per heavy atom. The van der Waals surface area contributed by atoms with Gasteiger partial charge in [-0.1, -0.05) is 13.8 Å². The summed E-state index contributed by atoms with van der Waals surface area (Å²) in [6.07, 6.45) is 4.48. The summed E-state index contributed by atoms with van der Waals surface area (Å²) >= 11 is 0. The predicted molar refractivity (Wildman–Crippen MR) is 114 cm³/mol. The lowest BCUT2D eigenvalue weighted by Crippen LogP contribution is -2.49. The number of carbonyl (C=O) groups excluding carboxylic acids is 2. The molecular formula is C23H35N3O2. The fraction of sp³-hybridized carbons (Fsp3) is 0.652. The van der Waals surface area contributed by atoms with Gasteiger partial charge in [-0.15, -0.1) is 0 Å². The van der Waals surface area contributed by atoms with Gasteiger partial charge in [-0.3, -0.25) is 9.59 Å². The molecule has 3 rings (SSSR count). The molecule has 0 unspecified atom stereocenters. The lowest BCUT2D eigenvalue weighted by Gasteiger charge is -2.35. The summed E-state index contributed by atoms with van der Waals surface area (Å²) < 4.78 is 0. The molecule has 0 bridgehead atoms. The van der Waals surface area contributed by atoms with Crippen molar-refractivity contribution in [1.29, 1.82) is 0 Å². The summed E-state index contributed by atoms with van der Waals surface area (Å²) in [5.41, 5.74) is 0.873. The minimum atomic E-state index is -1.07. The third-order valence-electron chi connectivity index (χ3n) is 6.45. The lowest BCUT2D eigenvalue weighted by molar-refractivity contribution is -0.147. The van der Waals surface area contributed by atoms with E-state index in [-0.39, 0.29) is 11.8 Å². The van der Waals surface area contributed by atoms with E-state index in [1.165, 1.54) is 18.5 Å². The second-order valence-corrected chi connectivity index (χ2v) is 9.27. The van der Waals surface area contributed by atoms with Crippen molar-refractivity contribution in [2.45, 2.75) is 53.4 Å². The molecule has 0 aliphatic carbocycles. The molecule has 0 spiro atoms. The van der Waals surface area contributed by atoms with Crippen LogP contribution in [0.1, 0.15) is 53.4 Å². The highest BCUT2D eigenvalue weighted by molar-refractivity contribution is 6.09. The molecule has 0 saturated carbocycles. The van der Waals surface area contributed by atoms with Gasteiger partial charge in [0.1, 0.15) is 5.41 Å². The van der Waals surface area contributed by atoms with Gasteiger partial charge in [-0.05, 0) is 75.6 Å². The van der Waals surface area contributed by atoms with Crippen molar-refractivity contribution in [3.8, 4) is 0 Å². The first kappa shape index (κ1) is 20.7. The molecule has 1 aromatic carbocycles. The number of hydrogen-bond acceptors (Lipinski definition) is 3. The average molecular weight is 386 g/mol. The number of piperidine rings is 2. The Hall–Kier alpha value is -2.04. The zero-order valence-corrected chi connectivity index (χ0v) is 17.8. The van der Waals surface area contributed by atoms with Gasteiger partial charge in [-0.25, -0.2) is 0 Å². The van der Waals surface area contributed by atoms with E-state index in [1.807, 2.05) is 17.0 Å². The van der Waals surface area contributed by atoms with Crippen LogP contribution in [0.4, 0.5) is 11.4 Å². The van der Waals surface area contributed by atoms with Crippen LogP contribution in [0.5, 0.6) is 0 Å². The second kappa shape index (κ2) is 8.54. The molecule has 0 atom stereocenters. The second-order valence-electron chi connectivity index (χ2n) is 9.27. The Morgan fingerprint density at radius 3 is 1.93 bits per heavy atom. The van der Waals surface area contributed by atoms with E-state index >= 15 is 0 Å². The highest BCUT2D eigenvalue weighted by Crippen LogP contribution is 2.27. The number of hydrogen-bond donors (Lipinski definition) is 1. The van der Waals surface area contributed by atoms with E-state index in [2.05, 4.69) is 36.2 Å². The Bertz CT molecular complexity index is 682. The first-order valence-electron chi connectivity index (χ1n) is 10.7. The molecule has 154 valence electrons. The number of benzene rings is 1. The molecule has 2 heterocycles. The topological polar surface area (TPSA) is 52.7 Å². The van der Waals surface area contributed by atoms with Crippen LogP contribution in [0.2, 0.25) is 0 Å². The van der Waals surface area contributed by atoms with Crippen LogP contribution in [0, 0.1) is 17.3 Å². The number of anilines is 2. The molecule has 2 saturated heterocycles. The monoisotopic (exact) mass is 385 g/mol. The molecule has 0 aromatic heterocycles. The summed E-state index contributed by atoms with van der Waals surface area (Å²) in [4.78, 5) is 30.0. The lowest BCUT2D eigenvalue weighted by atomic mass is 9.88. The van der Waals surface area contributed by atoms with E-state index in [9.17, 15) is 9.59 Å². The maximum atomic E-state index is 12.9. The summed E-state index contributed by atoms with van der Waals surface area (Å²) in [6.45, 7) is 11.7. The number of nitrogens with one attached hydrogen (secondary N) is 1. The van der Waals surface area contributed by atoms with Gasteiger partial charge in [-0.2, -0.15) is 0 Å². The average Bonchev–Trinajstić information content (AvgIpc) is 2.69. The van der Waals surface area contributed by atoms with E-state index < -0.39 is 5.41 Å². The zero-order chi connectivity index (χ0) is 20.3. The van der Waals surface area contributed by atoms with Gasteiger partial charge >= 0.3 is 0 Å². The summed E-state index contributed by atoms with van der Waals surface area (Å²) in [6, 6.07) is 8.00. The normalized spacial score (nSPS) is 19.6. The smallest absolute Gasteiger partial charge is 0.239 e. The van der Waals surface area contributed by atoms with Crippen LogP contribution in [0.15, 0.2) is 24.3 Å². The van der Waals surface area contributed by atoms with Gasteiger partial charge in [0.25, 0.3) is 0 Å². The molecule has 0 radical (unpaired) electrons. The van der Waals surface area contributed by atoms with Crippen LogP contribution in [0.3, 0.4) is 0 Å². The largest absolute Gasteiger partial charge is 0.372 e. The maximum Gasteiger partial charge on any atom is 0.239 e. The quantitative estimate of drug-likeness (QED) is 0.792. The van der Waals surface area contributed by atoms with Gasteiger partial charge in [0.15, 0.2) is 0 Å². The van der Waals surface area contributed by atoms with Gasteiger partial charge in [0, 0.05) is 37.6 Å². The Morgan fingerprint density at radius 1 is 0.893 bits per heavy atom. The molecule has 2 amide bonds. The standard InChI is InChI=1S/C23H35N3O2/c1-17-9-13-25(14-10-17)20-7-5-19(6-8-20)24-21(27)23(3,4)22(28)26-15-11-18(2)12-16-26/h5-8,17-18H,9-16H2,1-4H3,(H,24,27). The Labute approximate surface area is 169 Å². The van der Waals surface area contributed by atoms with Crippen LogP contribution in [-0.4, -0.2) is 42.9 Å². The van der Waals surface area contributed by atoms with Crippen LogP contribution in [0.25, 0.3) is 0 Å². The van der Waals surface area contributed by atoms with E-state index in [0.29, 0.717) is 5.92 Å². The summed E-state index contributed by atoms with van der Waals surface area (Å²) in [5, 5.41) is 2.94. The van der Waals surface area contributed by atoms with Crippen molar-refractivity contribution in [1.82, 2.24) is 4.90 Å². The number of rotatable bonds is 4. The van der Waals surface area contributed by atoms with E-state index in [4.69, 9.17) is 0 Å². The first-order valence-corrected chi connectivity index (χ1v) is 10.7. The van der Waals surface area contributed by atoms with Gasteiger partial charge in [0.2, 0.25) is 11.8 Å². The van der Waals surface area contributed by atoms with Gasteiger partial charge < -0.3 is 15.1 Å². The van der Waals surface area contributed by atoms with Crippen molar-refractivity contribution in [3.63, 3.8) is 0 Å². The Balaban J connectivity index is 1.59. The number of amides is 2. The number of likely N-dealkylation sites (tertiary alicyclic amines) is 1.